The molecule has 0 bridgehead atoms. The summed E-state index contributed by atoms with van der Waals surface area (Å²) in [6, 6.07) is 10.3. The molecule has 0 saturated heterocycles. The van der Waals surface area contributed by atoms with Gasteiger partial charge >= 0.3 is 0 Å². The van der Waals surface area contributed by atoms with Gasteiger partial charge in [0.2, 0.25) is 0 Å². The number of likely N-dealkylation sites (N-methyl/N-ethyl adjacent to an activating group) is 1. The van der Waals surface area contributed by atoms with E-state index in [1.165, 1.54) is 10.6 Å². The molecular weight excluding hydrogens is 586 g/mol. The Hall–Kier alpha value is -2.23. The fourth-order valence-corrected chi connectivity index (χ4v) is 5.03. The summed E-state index contributed by atoms with van der Waals surface area (Å²) in [6.45, 7) is 1.74. The fraction of sp³-hybridized carbons (Fsp3) is 0.217. The van der Waals surface area contributed by atoms with Crippen LogP contribution < -0.4 is 15.2 Å². The second-order valence-electron chi connectivity index (χ2n) is 7.67. The van der Waals surface area contributed by atoms with Crippen LogP contribution in [0.1, 0.15) is 22.4 Å². The van der Waals surface area contributed by atoms with Crippen molar-refractivity contribution in [2.24, 2.45) is 0 Å². The van der Waals surface area contributed by atoms with Gasteiger partial charge in [0.25, 0.3) is 11.5 Å². The van der Waals surface area contributed by atoms with Crippen molar-refractivity contribution >= 4 is 55.1 Å². The molecule has 2 aromatic carbocycles. The molecule has 1 aromatic heterocycles. The summed E-state index contributed by atoms with van der Waals surface area (Å²) in [5.41, 5.74) is 2.55. The summed E-state index contributed by atoms with van der Waals surface area (Å²) in [4.78, 5) is 26.9. The van der Waals surface area contributed by atoms with Gasteiger partial charge in [-0.3, -0.25) is 9.59 Å². The summed E-state index contributed by atoms with van der Waals surface area (Å²) >= 11 is 13.1. The molecule has 0 atom stereocenters. The van der Waals surface area contributed by atoms with Crippen molar-refractivity contribution in [3.8, 4) is 5.75 Å². The van der Waals surface area contributed by atoms with Crippen molar-refractivity contribution in [3.05, 3.63) is 91.9 Å². The predicted octanol–water partition coefficient (Wildman–Crippen LogP) is 5.63. The van der Waals surface area contributed by atoms with Gasteiger partial charge in [-0.2, -0.15) is 0 Å². The zero-order valence-electron chi connectivity index (χ0n) is 17.5. The van der Waals surface area contributed by atoms with Crippen LogP contribution in [-0.2, 0) is 21.2 Å². The molecule has 1 amide bonds. The number of amides is 1. The highest BCUT2D eigenvalue weighted by atomic mass is 79.9. The molecule has 4 rings (SSSR count). The standard InChI is InChI=1S/C23H17Br2ClF2N2O3/c1-12-7-19(33-11-14-4-5-15(27)9-17(14)28)20(26)21(31)30(12)10-13-3-6-18-16(8-13)23(24,25)22(32)29(18)2/h3-9H,10-11H2,1-2H3. The zero-order valence-corrected chi connectivity index (χ0v) is 21.4. The lowest BCUT2D eigenvalue weighted by Gasteiger charge is -2.16. The smallest absolute Gasteiger partial charge is 0.273 e. The number of fused-ring (bicyclic) bond motifs is 1. The zero-order chi connectivity index (χ0) is 24.1. The number of alkyl halides is 2. The number of carbonyl (C=O) groups is 1. The van der Waals surface area contributed by atoms with Gasteiger partial charge in [0, 0.05) is 41.7 Å². The van der Waals surface area contributed by atoms with Crippen LogP contribution in [0.5, 0.6) is 5.75 Å². The van der Waals surface area contributed by atoms with Crippen LogP contribution in [0.15, 0.2) is 47.3 Å². The molecule has 0 unspecified atom stereocenters. The van der Waals surface area contributed by atoms with E-state index in [0.717, 1.165) is 28.9 Å². The summed E-state index contributed by atoms with van der Waals surface area (Å²) in [7, 11) is 1.69. The molecule has 3 aromatic rings. The molecule has 1 aliphatic rings. The first kappa shape index (κ1) is 23.9. The highest BCUT2D eigenvalue weighted by Crippen LogP contribution is 2.50. The lowest BCUT2D eigenvalue weighted by Crippen LogP contribution is -2.29. The Morgan fingerprint density at radius 2 is 1.82 bits per heavy atom. The van der Waals surface area contributed by atoms with Gasteiger partial charge in [-0.25, -0.2) is 8.78 Å². The highest BCUT2D eigenvalue weighted by Gasteiger charge is 2.46. The summed E-state index contributed by atoms with van der Waals surface area (Å²) in [6.07, 6.45) is 0. The Morgan fingerprint density at radius 3 is 2.52 bits per heavy atom. The Morgan fingerprint density at radius 1 is 1.09 bits per heavy atom. The number of nitrogens with zero attached hydrogens (tertiary/aromatic N) is 2. The number of hydrogen-bond acceptors (Lipinski definition) is 3. The third kappa shape index (κ3) is 4.34. The first-order valence-corrected chi connectivity index (χ1v) is 11.7. The molecule has 0 N–H and O–H groups in total. The van der Waals surface area contributed by atoms with Gasteiger partial charge in [0.05, 0.1) is 6.54 Å². The van der Waals surface area contributed by atoms with Crippen molar-refractivity contribution in [2.75, 3.05) is 11.9 Å². The first-order chi connectivity index (χ1) is 15.5. The number of benzene rings is 2. The van der Waals surface area contributed by atoms with Gasteiger partial charge in [-0.15, -0.1) is 0 Å². The second kappa shape index (κ2) is 8.85. The normalized spacial score (nSPS) is 14.5. The van der Waals surface area contributed by atoms with E-state index >= 15 is 0 Å². The van der Waals surface area contributed by atoms with E-state index in [0.29, 0.717) is 5.69 Å². The van der Waals surface area contributed by atoms with Crippen molar-refractivity contribution < 1.29 is 18.3 Å². The largest absolute Gasteiger partial charge is 0.487 e. The van der Waals surface area contributed by atoms with Gasteiger partial charge in [0.1, 0.15) is 29.0 Å². The average molecular weight is 603 g/mol. The van der Waals surface area contributed by atoms with E-state index < -0.39 is 20.4 Å². The minimum Gasteiger partial charge on any atom is -0.487 e. The Kier molecular flexibility index (Phi) is 6.41. The van der Waals surface area contributed by atoms with E-state index in [1.807, 2.05) is 18.2 Å². The Bertz CT molecular complexity index is 1340. The average Bonchev–Trinajstić information content (AvgIpc) is 2.94. The summed E-state index contributed by atoms with van der Waals surface area (Å²) in [5, 5.41) is -0.144. The van der Waals surface area contributed by atoms with Gasteiger partial charge in [0.15, 0.2) is 3.23 Å². The maximum Gasteiger partial charge on any atom is 0.273 e. The number of pyridine rings is 1. The Labute approximate surface area is 210 Å². The molecule has 2 heterocycles. The van der Waals surface area contributed by atoms with Crippen LogP contribution in [-0.4, -0.2) is 17.5 Å². The van der Waals surface area contributed by atoms with Gasteiger partial charge in [-0.05, 0) is 36.8 Å². The van der Waals surface area contributed by atoms with E-state index in [9.17, 15) is 18.4 Å². The van der Waals surface area contributed by atoms with Crippen LogP contribution in [0.3, 0.4) is 0 Å². The molecule has 172 valence electrons. The lowest BCUT2D eigenvalue weighted by atomic mass is 10.1. The van der Waals surface area contributed by atoms with Crippen molar-refractivity contribution in [3.63, 3.8) is 0 Å². The molecule has 0 fully saturated rings. The van der Waals surface area contributed by atoms with Gasteiger partial charge in [-0.1, -0.05) is 49.5 Å². The third-order valence-corrected chi connectivity index (χ3v) is 7.37. The first-order valence-electron chi connectivity index (χ1n) is 9.76. The lowest BCUT2D eigenvalue weighted by molar-refractivity contribution is -0.117. The summed E-state index contributed by atoms with van der Waals surface area (Å²) < 4.78 is 33.0. The number of carbonyl (C=O) groups excluding carboxylic acids is 1. The number of anilines is 1. The minimum atomic E-state index is -1.02. The van der Waals surface area contributed by atoms with Crippen LogP contribution in [0.2, 0.25) is 5.02 Å². The molecule has 1 aliphatic heterocycles. The van der Waals surface area contributed by atoms with Crippen molar-refractivity contribution in [1.29, 1.82) is 0 Å². The number of aryl methyl sites for hydroxylation is 1. The number of ether oxygens (including phenoxy) is 1. The SMILES string of the molecule is Cc1cc(OCc2ccc(F)cc2F)c(Cl)c(=O)n1Cc1ccc2c(c1)C(Br)(Br)C(=O)N2C. The topological polar surface area (TPSA) is 51.5 Å². The molecule has 0 aliphatic carbocycles. The van der Waals surface area contributed by atoms with Crippen LogP contribution >= 0.6 is 43.5 Å². The van der Waals surface area contributed by atoms with E-state index in [2.05, 4.69) is 31.9 Å². The van der Waals surface area contributed by atoms with Crippen molar-refractivity contribution in [2.45, 2.75) is 23.3 Å². The third-order valence-electron chi connectivity index (χ3n) is 5.49. The van der Waals surface area contributed by atoms with Crippen LogP contribution in [0.4, 0.5) is 14.5 Å². The number of aromatic nitrogens is 1. The maximum absolute atomic E-state index is 13.9. The highest BCUT2D eigenvalue weighted by molar-refractivity contribution is 9.25. The number of rotatable bonds is 5. The fourth-order valence-electron chi connectivity index (χ4n) is 3.65. The molecule has 10 heteroatoms. The van der Waals surface area contributed by atoms with E-state index in [1.54, 1.807) is 24.9 Å². The molecular formula is C23H17Br2ClF2N2O3. The molecule has 0 saturated carbocycles. The molecule has 0 radical (unpaired) electrons. The minimum absolute atomic E-state index is 0.111. The van der Waals surface area contributed by atoms with E-state index in [-0.39, 0.29) is 35.4 Å². The quantitative estimate of drug-likeness (QED) is 0.356. The summed E-state index contributed by atoms with van der Waals surface area (Å²) in [5.74, 6) is -1.47. The Balaban J connectivity index is 1.61. The van der Waals surface area contributed by atoms with Crippen LogP contribution in [0, 0.1) is 18.6 Å². The predicted molar refractivity (Wildman–Crippen MR) is 130 cm³/mol. The van der Waals surface area contributed by atoms with E-state index in [4.69, 9.17) is 16.3 Å². The molecule has 5 nitrogen and oxygen atoms in total. The van der Waals surface area contributed by atoms with Crippen LogP contribution in [0.25, 0.3) is 0 Å². The van der Waals surface area contributed by atoms with Crippen molar-refractivity contribution in [1.82, 2.24) is 4.57 Å². The number of hydrogen-bond donors (Lipinski definition) is 0. The maximum atomic E-state index is 13.9. The number of halogens is 5. The monoisotopic (exact) mass is 600 g/mol. The molecule has 33 heavy (non-hydrogen) atoms. The molecule has 0 spiro atoms. The van der Waals surface area contributed by atoms with Gasteiger partial charge < -0.3 is 14.2 Å². The second-order valence-corrected chi connectivity index (χ2v) is 11.5.